The lowest BCUT2D eigenvalue weighted by atomic mass is 10.1. The van der Waals surface area contributed by atoms with E-state index in [0.717, 1.165) is 18.7 Å². The Morgan fingerprint density at radius 2 is 2.00 bits per heavy atom. The molecule has 0 atom stereocenters. The molecular weight excluding hydrogens is 256 g/mol. The molecule has 20 heavy (non-hydrogen) atoms. The van der Waals surface area contributed by atoms with Gasteiger partial charge >= 0.3 is 5.97 Å². The molecule has 0 aliphatic heterocycles. The summed E-state index contributed by atoms with van der Waals surface area (Å²) in [6, 6.07) is 8.39. The van der Waals surface area contributed by atoms with Gasteiger partial charge in [0.25, 0.3) is 0 Å². The van der Waals surface area contributed by atoms with Crippen molar-refractivity contribution < 1.29 is 9.90 Å². The minimum absolute atomic E-state index is 0.136. The van der Waals surface area contributed by atoms with Gasteiger partial charge in [-0.25, -0.2) is 4.68 Å². The maximum atomic E-state index is 10.5. The lowest BCUT2D eigenvalue weighted by Crippen LogP contribution is -2.09. The number of aryl methyl sites for hydroxylation is 4. The molecule has 0 bridgehead atoms. The Morgan fingerprint density at radius 1 is 1.25 bits per heavy atom. The number of benzene rings is 1. The van der Waals surface area contributed by atoms with E-state index in [2.05, 4.69) is 46.7 Å². The second kappa shape index (κ2) is 6.79. The molecule has 0 fully saturated rings. The van der Waals surface area contributed by atoms with Crippen LogP contribution in [-0.2, 0) is 24.2 Å². The number of hydrogen-bond donors (Lipinski definition) is 1. The van der Waals surface area contributed by atoms with E-state index in [4.69, 9.17) is 5.11 Å². The van der Waals surface area contributed by atoms with E-state index in [1.165, 1.54) is 11.1 Å². The maximum absolute atomic E-state index is 10.5. The second-order valence-corrected chi connectivity index (χ2v) is 4.80. The quantitative estimate of drug-likeness (QED) is 0.830. The number of hydrogen-bond acceptors (Lipinski definition) is 4. The fourth-order valence-corrected chi connectivity index (χ4v) is 1.97. The summed E-state index contributed by atoms with van der Waals surface area (Å²) in [6.45, 7) is 2.61. The molecule has 106 valence electrons. The molecular formula is C14H18N4O2. The van der Waals surface area contributed by atoms with Crippen LogP contribution in [0.15, 0.2) is 24.3 Å². The Morgan fingerprint density at radius 3 is 2.70 bits per heavy atom. The molecule has 0 aliphatic carbocycles. The van der Waals surface area contributed by atoms with E-state index in [0.29, 0.717) is 13.0 Å². The first kappa shape index (κ1) is 14.2. The van der Waals surface area contributed by atoms with Crippen LogP contribution in [0, 0.1) is 6.92 Å². The van der Waals surface area contributed by atoms with Crippen molar-refractivity contribution in [3.05, 3.63) is 41.2 Å². The molecule has 2 rings (SSSR count). The lowest BCUT2D eigenvalue weighted by Gasteiger charge is -2.04. The molecule has 2 aromatic rings. The van der Waals surface area contributed by atoms with Gasteiger partial charge in [-0.1, -0.05) is 29.8 Å². The smallest absolute Gasteiger partial charge is 0.303 e. The number of carboxylic acid groups (broad SMARTS) is 1. The maximum Gasteiger partial charge on any atom is 0.303 e. The highest BCUT2D eigenvalue weighted by atomic mass is 16.4. The largest absolute Gasteiger partial charge is 0.481 e. The number of carbonyl (C=O) groups is 1. The molecule has 0 saturated carbocycles. The zero-order valence-electron chi connectivity index (χ0n) is 11.5. The molecule has 0 aliphatic rings. The van der Waals surface area contributed by atoms with Crippen LogP contribution in [0.5, 0.6) is 0 Å². The molecule has 6 heteroatoms. The molecule has 1 aromatic carbocycles. The Balaban J connectivity index is 1.88. The Labute approximate surface area is 117 Å². The minimum Gasteiger partial charge on any atom is -0.481 e. The van der Waals surface area contributed by atoms with Crippen molar-refractivity contribution in [2.75, 3.05) is 0 Å². The summed E-state index contributed by atoms with van der Waals surface area (Å²) in [6.07, 6.45) is 2.30. The van der Waals surface area contributed by atoms with Crippen LogP contribution in [0.25, 0.3) is 0 Å². The van der Waals surface area contributed by atoms with E-state index in [-0.39, 0.29) is 6.42 Å². The van der Waals surface area contributed by atoms with Gasteiger partial charge in [-0.2, -0.15) is 0 Å². The lowest BCUT2D eigenvalue weighted by molar-refractivity contribution is -0.137. The molecule has 1 aromatic heterocycles. The van der Waals surface area contributed by atoms with Crippen molar-refractivity contribution in [3.63, 3.8) is 0 Å². The summed E-state index contributed by atoms with van der Waals surface area (Å²) in [5.41, 5.74) is 2.49. The standard InChI is InChI=1S/C14H18N4O2/c1-11-4-6-12(7-5-11)8-9-13-15-16-17-18(13)10-2-3-14(19)20/h4-7H,2-3,8-10H2,1H3,(H,19,20). The van der Waals surface area contributed by atoms with Gasteiger partial charge in [0.05, 0.1) is 0 Å². The van der Waals surface area contributed by atoms with Crippen LogP contribution >= 0.6 is 0 Å². The van der Waals surface area contributed by atoms with Gasteiger partial charge in [-0.05, 0) is 35.8 Å². The first-order valence-electron chi connectivity index (χ1n) is 6.67. The molecule has 0 saturated heterocycles. The van der Waals surface area contributed by atoms with Gasteiger partial charge < -0.3 is 5.11 Å². The van der Waals surface area contributed by atoms with Crippen LogP contribution in [0.3, 0.4) is 0 Å². The zero-order valence-corrected chi connectivity index (χ0v) is 11.5. The van der Waals surface area contributed by atoms with E-state index in [1.807, 2.05) is 0 Å². The summed E-state index contributed by atoms with van der Waals surface area (Å²) in [5, 5.41) is 20.2. The third-order valence-corrected chi connectivity index (χ3v) is 3.12. The Bertz CT molecular complexity index is 563. The zero-order chi connectivity index (χ0) is 14.4. The average Bonchev–Trinajstić information content (AvgIpc) is 2.85. The van der Waals surface area contributed by atoms with Gasteiger partial charge in [-0.3, -0.25) is 4.79 Å². The van der Waals surface area contributed by atoms with Gasteiger partial charge in [-0.15, -0.1) is 5.10 Å². The van der Waals surface area contributed by atoms with E-state index in [1.54, 1.807) is 4.68 Å². The summed E-state index contributed by atoms with van der Waals surface area (Å²) in [5.74, 6) is 0.00948. The molecule has 0 radical (unpaired) electrons. The normalized spacial score (nSPS) is 10.7. The number of aromatic nitrogens is 4. The first-order chi connectivity index (χ1) is 9.65. The monoisotopic (exact) mass is 274 g/mol. The third-order valence-electron chi connectivity index (χ3n) is 3.12. The molecule has 1 heterocycles. The van der Waals surface area contributed by atoms with Crippen molar-refractivity contribution in [3.8, 4) is 0 Å². The highest BCUT2D eigenvalue weighted by Crippen LogP contribution is 2.07. The molecule has 1 N–H and O–H groups in total. The summed E-state index contributed by atoms with van der Waals surface area (Å²) >= 11 is 0. The van der Waals surface area contributed by atoms with E-state index in [9.17, 15) is 4.79 Å². The predicted octanol–water partition coefficient (Wildman–Crippen LogP) is 1.63. The predicted molar refractivity (Wildman–Crippen MR) is 73.3 cm³/mol. The second-order valence-electron chi connectivity index (χ2n) is 4.80. The third kappa shape index (κ3) is 4.15. The molecule has 0 unspecified atom stereocenters. The van der Waals surface area contributed by atoms with Crippen LogP contribution in [-0.4, -0.2) is 31.3 Å². The van der Waals surface area contributed by atoms with Crippen LogP contribution in [0.1, 0.15) is 29.8 Å². The van der Waals surface area contributed by atoms with Gasteiger partial charge in [0.15, 0.2) is 5.82 Å². The van der Waals surface area contributed by atoms with Gasteiger partial charge in [0.1, 0.15) is 0 Å². The van der Waals surface area contributed by atoms with Gasteiger partial charge in [0, 0.05) is 19.4 Å². The number of rotatable bonds is 7. The van der Waals surface area contributed by atoms with Crippen molar-refractivity contribution in [2.45, 2.75) is 39.2 Å². The molecule has 0 spiro atoms. The fraction of sp³-hybridized carbons (Fsp3) is 0.429. The minimum atomic E-state index is -0.792. The van der Waals surface area contributed by atoms with Crippen LogP contribution in [0.4, 0.5) is 0 Å². The first-order valence-corrected chi connectivity index (χ1v) is 6.67. The molecule has 0 amide bonds. The van der Waals surface area contributed by atoms with Crippen molar-refractivity contribution in [2.24, 2.45) is 0 Å². The van der Waals surface area contributed by atoms with Crippen LogP contribution in [0.2, 0.25) is 0 Å². The summed E-state index contributed by atoms with van der Waals surface area (Å²) in [4.78, 5) is 10.5. The summed E-state index contributed by atoms with van der Waals surface area (Å²) < 4.78 is 1.69. The van der Waals surface area contributed by atoms with Crippen molar-refractivity contribution in [1.82, 2.24) is 20.2 Å². The van der Waals surface area contributed by atoms with Crippen LogP contribution < -0.4 is 0 Å². The number of aliphatic carboxylic acids is 1. The summed E-state index contributed by atoms with van der Waals surface area (Å²) in [7, 11) is 0. The number of carboxylic acids is 1. The Kier molecular flexibility index (Phi) is 4.81. The van der Waals surface area contributed by atoms with E-state index >= 15 is 0 Å². The highest BCUT2D eigenvalue weighted by molar-refractivity contribution is 5.66. The topological polar surface area (TPSA) is 80.9 Å². The van der Waals surface area contributed by atoms with Gasteiger partial charge in [0.2, 0.25) is 0 Å². The highest BCUT2D eigenvalue weighted by Gasteiger charge is 2.07. The number of nitrogens with zero attached hydrogens (tertiary/aromatic N) is 4. The average molecular weight is 274 g/mol. The molecule has 6 nitrogen and oxygen atoms in total. The Hall–Kier alpha value is -2.24. The van der Waals surface area contributed by atoms with Crippen molar-refractivity contribution >= 4 is 5.97 Å². The van der Waals surface area contributed by atoms with Crippen molar-refractivity contribution in [1.29, 1.82) is 0 Å². The van der Waals surface area contributed by atoms with E-state index < -0.39 is 5.97 Å². The fourth-order valence-electron chi connectivity index (χ4n) is 1.97. The number of tetrazole rings is 1. The SMILES string of the molecule is Cc1ccc(CCc2nnnn2CCCC(=O)O)cc1.